The van der Waals surface area contributed by atoms with Crippen molar-refractivity contribution in [2.24, 2.45) is 0 Å². The second-order valence-electron chi connectivity index (χ2n) is 7.34. The van der Waals surface area contributed by atoms with Gasteiger partial charge >= 0.3 is 0 Å². The minimum absolute atomic E-state index is 0.200. The van der Waals surface area contributed by atoms with Crippen LogP contribution in [-0.2, 0) is 13.2 Å². The number of aromatic nitrogens is 2. The summed E-state index contributed by atoms with van der Waals surface area (Å²) in [5.74, 6) is 0.396. The number of amides is 1. The molecule has 0 bridgehead atoms. The summed E-state index contributed by atoms with van der Waals surface area (Å²) in [5, 5.41) is 9.02. The molecular formula is C24H22FN3O2S. The summed E-state index contributed by atoms with van der Waals surface area (Å²) >= 11 is 1.37. The lowest BCUT2D eigenvalue weighted by Gasteiger charge is -2.10. The highest BCUT2D eigenvalue weighted by molar-refractivity contribution is 7.12. The third-order valence-corrected chi connectivity index (χ3v) is 5.77. The number of carbonyl (C=O) groups is 1. The van der Waals surface area contributed by atoms with Crippen molar-refractivity contribution in [1.82, 2.24) is 9.78 Å². The molecule has 0 aliphatic rings. The van der Waals surface area contributed by atoms with Crippen LogP contribution in [0, 0.1) is 19.7 Å². The van der Waals surface area contributed by atoms with Crippen molar-refractivity contribution in [1.29, 1.82) is 0 Å². The molecule has 7 heteroatoms. The molecule has 158 valence electrons. The highest BCUT2D eigenvalue weighted by Crippen LogP contribution is 2.25. The van der Waals surface area contributed by atoms with Crippen molar-refractivity contribution < 1.29 is 13.9 Å². The molecular weight excluding hydrogens is 413 g/mol. The Labute approximate surface area is 184 Å². The van der Waals surface area contributed by atoms with E-state index in [0.717, 1.165) is 28.0 Å². The van der Waals surface area contributed by atoms with E-state index < -0.39 is 0 Å². The second kappa shape index (κ2) is 9.14. The van der Waals surface area contributed by atoms with Gasteiger partial charge in [-0.05, 0) is 54.1 Å². The molecule has 1 N–H and O–H groups in total. The van der Waals surface area contributed by atoms with Crippen LogP contribution in [0.1, 0.15) is 31.9 Å². The quantitative estimate of drug-likeness (QED) is 0.412. The zero-order chi connectivity index (χ0) is 21.8. The molecule has 0 aliphatic carbocycles. The van der Waals surface area contributed by atoms with Crippen LogP contribution < -0.4 is 10.1 Å². The van der Waals surface area contributed by atoms with Crippen molar-refractivity contribution in [2.75, 3.05) is 5.32 Å². The molecule has 2 aromatic heterocycles. The van der Waals surface area contributed by atoms with E-state index in [1.807, 2.05) is 49.6 Å². The van der Waals surface area contributed by atoms with Crippen molar-refractivity contribution in [3.8, 4) is 5.75 Å². The lowest BCUT2D eigenvalue weighted by Crippen LogP contribution is -2.09. The van der Waals surface area contributed by atoms with Gasteiger partial charge in [0.05, 0.1) is 23.3 Å². The number of anilines is 1. The van der Waals surface area contributed by atoms with E-state index in [1.165, 1.54) is 23.5 Å². The van der Waals surface area contributed by atoms with E-state index in [2.05, 4.69) is 10.4 Å². The number of rotatable bonds is 7. The average molecular weight is 436 g/mol. The minimum Gasteiger partial charge on any atom is -0.488 e. The van der Waals surface area contributed by atoms with Gasteiger partial charge in [0.25, 0.3) is 5.91 Å². The second-order valence-corrected chi connectivity index (χ2v) is 8.25. The summed E-state index contributed by atoms with van der Waals surface area (Å²) in [6, 6.07) is 14.2. The number of nitrogens with zero attached hydrogens (tertiary/aromatic N) is 2. The molecule has 0 saturated heterocycles. The van der Waals surface area contributed by atoms with Crippen molar-refractivity contribution in [3.63, 3.8) is 0 Å². The van der Waals surface area contributed by atoms with E-state index >= 15 is 0 Å². The van der Waals surface area contributed by atoms with Crippen LogP contribution in [-0.4, -0.2) is 15.7 Å². The van der Waals surface area contributed by atoms with Crippen molar-refractivity contribution in [3.05, 3.63) is 99.3 Å². The van der Waals surface area contributed by atoms with Crippen LogP contribution in [0.2, 0.25) is 0 Å². The lowest BCUT2D eigenvalue weighted by atomic mass is 10.1. The molecule has 4 rings (SSSR count). The Morgan fingerprint density at radius 2 is 1.90 bits per heavy atom. The zero-order valence-corrected chi connectivity index (χ0v) is 18.1. The molecule has 0 saturated carbocycles. The third kappa shape index (κ3) is 5.19. The molecule has 1 amide bonds. The number of para-hydroxylation sites is 1. The molecule has 4 aromatic rings. The SMILES string of the molecule is Cc1cccc(C)c1OCc1csc(C(=O)Nc2cnn(Cc3cccc(F)c3)c2)c1. The van der Waals surface area contributed by atoms with Gasteiger partial charge < -0.3 is 10.1 Å². The molecule has 0 unspecified atom stereocenters. The summed E-state index contributed by atoms with van der Waals surface area (Å²) < 4.78 is 21.0. The van der Waals surface area contributed by atoms with Gasteiger partial charge in [-0.15, -0.1) is 11.3 Å². The van der Waals surface area contributed by atoms with Gasteiger partial charge in [0.1, 0.15) is 18.2 Å². The van der Waals surface area contributed by atoms with Crippen molar-refractivity contribution in [2.45, 2.75) is 27.0 Å². The number of thiophene rings is 1. The summed E-state index contributed by atoms with van der Waals surface area (Å²) in [6.07, 6.45) is 3.30. The fourth-order valence-electron chi connectivity index (χ4n) is 3.28. The fraction of sp³-hybridized carbons (Fsp3) is 0.167. The van der Waals surface area contributed by atoms with Gasteiger partial charge in [-0.2, -0.15) is 5.10 Å². The average Bonchev–Trinajstić information content (AvgIpc) is 3.37. The summed E-state index contributed by atoms with van der Waals surface area (Å²) in [5.41, 5.74) is 4.50. The number of hydrogen-bond acceptors (Lipinski definition) is 4. The van der Waals surface area contributed by atoms with E-state index in [4.69, 9.17) is 4.74 Å². The highest BCUT2D eigenvalue weighted by Gasteiger charge is 2.12. The Balaban J connectivity index is 1.35. The standard InChI is InChI=1S/C24H22FN3O2S/c1-16-5-3-6-17(2)23(16)30-14-19-10-22(31-15-19)24(29)27-21-11-26-28(13-21)12-18-7-4-8-20(25)9-18/h3-11,13,15H,12,14H2,1-2H3,(H,27,29). The fourth-order valence-corrected chi connectivity index (χ4v) is 4.07. The Bertz CT molecular complexity index is 1190. The van der Waals surface area contributed by atoms with Gasteiger partial charge in [0.15, 0.2) is 0 Å². The van der Waals surface area contributed by atoms with Crippen LogP contribution in [0.5, 0.6) is 5.75 Å². The first kappa shape index (κ1) is 20.8. The zero-order valence-electron chi connectivity index (χ0n) is 17.3. The Morgan fingerprint density at radius 3 is 2.68 bits per heavy atom. The maximum absolute atomic E-state index is 13.3. The van der Waals surface area contributed by atoms with Gasteiger partial charge in [-0.1, -0.05) is 30.3 Å². The number of nitrogens with one attached hydrogen (secondary N) is 1. The molecule has 0 fully saturated rings. The first-order chi connectivity index (χ1) is 15.0. The van der Waals surface area contributed by atoms with Crippen LogP contribution >= 0.6 is 11.3 Å². The first-order valence-corrected chi connectivity index (χ1v) is 10.7. The third-order valence-electron chi connectivity index (χ3n) is 4.79. The van der Waals surface area contributed by atoms with Crippen LogP contribution in [0.3, 0.4) is 0 Å². The molecule has 0 atom stereocenters. The van der Waals surface area contributed by atoms with Gasteiger partial charge in [0, 0.05) is 11.8 Å². The van der Waals surface area contributed by atoms with E-state index in [-0.39, 0.29) is 11.7 Å². The minimum atomic E-state index is -0.284. The molecule has 0 spiro atoms. The van der Waals surface area contributed by atoms with Gasteiger partial charge in [-0.3, -0.25) is 9.48 Å². The summed E-state index contributed by atoms with van der Waals surface area (Å²) in [7, 11) is 0. The number of hydrogen-bond donors (Lipinski definition) is 1. The summed E-state index contributed by atoms with van der Waals surface area (Å²) in [6.45, 7) is 4.86. The Morgan fingerprint density at radius 1 is 1.13 bits per heavy atom. The van der Waals surface area contributed by atoms with Gasteiger partial charge in [0.2, 0.25) is 0 Å². The van der Waals surface area contributed by atoms with Crippen LogP contribution in [0.15, 0.2) is 66.3 Å². The maximum Gasteiger partial charge on any atom is 0.265 e. The van der Waals surface area contributed by atoms with E-state index in [0.29, 0.717) is 23.7 Å². The van der Waals surface area contributed by atoms with Crippen LogP contribution in [0.25, 0.3) is 0 Å². The van der Waals surface area contributed by atoms with E-state index in [9.17, 15) is 9.18 Å². The topological polar surface area (TPSA) is 56.1 Å². The Kier molecular flexibility index (Phi) is 6.13. The monoisotopic (exact) mass is 435 g/mol. The van der Waals surface area contributed by atoms with E-state index in [1.54, 1.807) is 23.1 Å². The number of aryl methyl sites for hydroxylation is 2. The number of halogens is 1. The number of ether oxygens (including phenoxy) is 1. The maximum atomic E-state index is 13.3. The number of benzene rings is 2. The predicted molar refractivity (Wildman–Crippen MR) is 120 cm³/mol. The molecule has 0 aliphatic heterocycles. The highest BCUT2D eigenvalue weighted by atomic mass is 32.1. The summed E-state index contributed by atoms with van der Waals surface area (Å²) in [4.78, 5) is 13.2. The predicted octanol–water partition coefficient (Wildman–Crippen LogP) is 5.58. The first-order valence-electron chi connectivity index (χ1n) is 9.82. The lowest BCUT2D eigenvalue weighted by molar-refractivity contribution is 0.103. The van der Waals surface area contributed by atoms with Gasteiger partial charge in [-0.25, -0.2) is 4.39 Å². The normalized spacial score (nSPS) is 10.8. The van der Waals surface area contributed by atoms with Crippen LogP contribution in [0.4, 0.5) is 10.1 Å². The smallest absolute Gasteiger partial charge is 0.265 e. The molecule has 5 nitrogen and oxygen atoms in total. The molecule has 0 radical (unpaired) electrons. The van der Waals surface area contributed by atoms with Crippen molar-refractivity contribution >= 4 is 22.9 Å². The molecule has 31 heavy (non-hydrogen) atoms. The number of carbonyl (C=O) groups excluding carboxylic acids is 1. The molecule has 2 aromatic carbocycles. The Hall–Kier alpha value is -3.45. The largest absolute Gasteiger partial charge is 0.488 e. The molecule has 2 heterocycles.